The SMILES string of the molecule is CC(C)CCCOC(=O)/C=C/C(=O)Oc1ccc(Cl)cc1Cl. The van der Waals surface area contributed by atoms with Crippen LogP contribution in [0.4, 0.5) is 0 Å². The van der Waals surface area contributed by atoms with Gasteiger partial charge in [0.05, 0.1) is 11.6 Å². The minimum absolute atomic E-state index is 0.172. The lowest BCUT2D eigenvalue weighted by atomic mass is 10.1. The number of benzene rings is 1. The number of esters is 2. The molecule has 0 aliphatic carbocycles. The normalized spacial score (nSPS) is 11.0. The Balaban J connectivity index is 2.39. The maximum atomic E-state index is 11.6. The van der Waals surface area contributed by atoms with Crippen molar-refractivity contribution in [3.05, 3.63) is 40.4 Å². The van der Waals surface area contributed by atoms with Crippen molar-refractivity contribution in [2.75, 3.05) is 6.61 Å². The number of hydrogen-bond donors (Lipinski definition) is 0. The lowest BCUT2D eigenvalue weighted by Gasteiger charge is -2.05. The first-order chi connectivity index (χ1) is 10.4. The molecule has 0 aliphatic rings. The van der Waals surface area contributed by atoms with Crippen LogP contribution in [-0.2, 0) is 14.3 Å². The fourth-order valence-corrected chi connectivity index (χ4v) is 2.00. The highest BCUT2D eigenvalue weighted by Crippen LogP contribution is 2.27. The lowest BCUT2D eigenvalue weighted by molar-refractivity contribution is -0.138. The molecule has 0 amide bonds. The van der Waals surface area contributed by atoms with E-state index in [0.29, 0.717) is 17.5 Å². The number of ether oxygens (including phenoxy) is 2. The molecule has 0 spiro atoms. The van der Waals surface area contributed by atoms with E-state index < -0.39 is 11.9 Å². The Bertz CT molecular complexity index is 553. The second kappa shape index (κ2) is 9.49. The van der Waals surface area contributed by atoms with Gasteiger partial charge in [0.1, 0.15) is 5.75 Å². The third kappa shape index (κ3) is 7.48. The molecule has 0 aliphatic heterocycles. The van der Waals surface area contributed by atoms with Gasteiger partial charge in [0.2, 0.25) is 0 Å². The van der Waals surface area contributed by atoms with Crippen LogP contribution in [0.15, 0.2) is 30.4 Å². The van der Waals surface area contributed by atoms with E-state index in [-0.39, 0.29) is 10.8 Å². The molecule has 0 saturated heterocycles. The first-order valence-electron chi connectivity index (χ1n) is 6.90. The van der Waals surface area contributed by atoms with Gasteiger partial charge >= 0.3 is 11.9 Å². The van der Waals surface area contributed by atoms with E-state index in [0.717, 1.165) is 25.0 Å². The number of hydrogen-bond acceptors (Lipinski definition) is 4. The van der Waals surface area contributed by atoms with E-state index in [1.807, 2.05) is 0 Å². The predicted molar refractivity (Wildman–Crippen MR) is 86.3 cm³/mol. The summed E-state index contributed by atoms with van der Waals surface area (Å²) in [4.78, 5) is 23.0. The maximum Gasteiger partial charge on any atom is 0.336 e. The zero-order valence-corrected chi connectivity index (χ0v) is 14.0. The van der Waals surface area contributed by atoms with E-state index in [1.54, 1.807) is 6.07 Å². The molecule has 6 heteroatoms. The van der Waals surface area contributed by atoms with E-state index in [2.05, 4.69) is 13.8 Å². The summed E-state index contributed by atoms with van der Waals surface area (Å²) in [7, 11) is 0. The summed E-state index contributed by atoms with van der Waals surface area (Å²) in [5.74, 6) is -0.564. The van der Waals surface area contributed by atoms with Crippen LogP contribution in [-0.4, -0.2) is 18.5 Å². The molecule has 0 unspecified atom stereocenters. The van der Waals surface area contributed by atoms with Crippen molar-refractivity contribution in [3.63, 3.8) is 0 Å². The standard InChI is InChI=1S/C16H18Cl2O4/c1-11(2)4-3-9-21-15(19)7-8-16(20)22-14-6-5-12(17)10-13(14)18/h5-8,10-11H,3-4,9H2,1-2H3/b8-7+. The van der Waals surface area contributed by atoms with E-state index >= 15 is 0 Å². The monoisotopic (exact) mass is 344 g/mol. The Morgan fingerprint density at radius 3 is 2.50 bits per heavy atom. The van der Waals surface area contributed by atoms with Crippen molar-refractivity contribution in [1.29, 1.82) is 0 Å². The zero-order valence-electron chi connectivity index (χ0n) is 12.5. The maximum absolute atomic E-state index is 11.6. The van der Waals surface area contributed by atoms with Crippen molar-refractivity contribution in [2.24, 2.45) is 5.92 Å². The highest BCUT2D eigenvalue weighted by atomic mass is 35.5. The van der Waals surface area contributed by atoms with Gasteiger partial charge < -0.3 is 9.47 Å². The quantitative estimate of drug-likeness (QED) is 0.317. The van der Waals surface area contributed by atoms with Crippen LogP contribution < -0.4 is 4.74 Å². The molecule has 0 atom stereocenters. The number of carbonyl (C=O) groups excluding carboxylic acids is 2. The molecule has 1 aromatic carbocycles. The molecule has 22 heavy (non-hydrogen) atoms. The molecule has 0 bridgehead atoms. The molecule has 1 aromatic rings. The molecule has 0 N–H and O–H groups in total. The van der Waals surface area contributed by atoms with E-state index in [1.165, 1.54) is 12.1 Å². The highest BCUT2D eigenvalue weighted by molar-refractivity contribution is 6.35. The Morgan fingerprint density at radius 2 is 1.86 bits per heavy atom. The van der Waals surface area contributed by atoms with Crippen molar-refractivity contribution in [2.45, 2.75) is 26.7 Å². The van der Waals surface area contributed by atoms with E-state index in [9.17, 15) is 9.59 Å². The van der Waals surface area contributed by atoms with Gasteiger partial charge in [-0.3, -0.25) is 0 Å². The van der Waals surface area contributed by atoms with Crippen LogP contribution >= 0.6 is 23.2 Å². The highest BCUT2D eigenvalue weighted by Gasteiger charge is 2.07. The molecule has 0 saturated carbocycles. The first-order valence-corrected chi connectivity index (χ1v) is 7.65. The molecule has 0 radical (unpaired) electrons. The largest absolute Gasteiger partial charge is 0.463 e. The second-order valence-corrected chi connectivity index (χ2v) is 5.88. The Morgan fingerprint density at radius 1 is 1.18 bits per heavy atom. The minimum atomic E-state index is -0.719. The molecule has 0 aromatic heterocycles. The summed E-state index contributed by atoms with van der Waals surface area (Å²) >= 11 is 11.6. The summed E-state index contributed by atoms with van der Waals surface area (Å²) in [5.41, 5.74) is 0. The van der Waals surface area contributed by atoms with Gasteiger partial charge in [0, 0.05) is 17.2 Å². The summed E-state index contributed by atoms with van der Waals surface area (Å²) in [6.45, 7) is 4.53. The van der Waals surface area contributed by atoms with Crippen molar-refractivity contribution in [1.82, 2.24) is 0 Å². The summed E-state index contributed by atoms with van der Waals surface area (Å²) in [6.07, 6.45) is 3.80. The minimum Gasteiger partial charge on any atom is -0.463 e. The van der Waals surface area contributed by atoms with Crippen molar-refractivity contribution >= 4 is 35.1 Å². The van der Waals surface area contributed by atoms with Gasteiger partial charge in [-0.15, -0.1) is 0 Å². The second-order valence-electron chi connectivity index (χ2n) is 5.03. The molecule has 1 rings (SSSR count). The van der Waals surface area contributed by atoms with Gasteiger partial charge in [-0.25, -0.2) is 9.59 Å². The lowest BCUT2D eigenvalue weighted by Crippen LogP contribution is -2.07. The number of carbonyl (C=O) groups is 2. The van der Waals surface area contributed by atoms with Crippen molar-refractivity contribution < 1.29 is 19.1 Å². The van der Waals surface area contributed by atoms with Crippen LogP contribution in [0.3, 0.4) is 0 Å². The average Bonchev–Trinajstić information content (AvgIpc) is 2.44. The van der Waals surface area contributed by atoms with Gasteiger partial charge in [-0.1, -0.05) is 37.0 Å². The number of rotatable bonds is 7. The first kappa shape index (κ1) is 18.5. The van der Waals surface area contributed by atoms with Crippen molar-refractivity contribution in [3.8, 4) is 5.75 Å². The fraction of sp³-hybridized carbons (Fsp3) is 0.375. The summed E-state index contributed by atoms with van der Waals surface area (Å²) in [6, 6.07) is 4.47. The third-order valence-electron chi connectivity index (χ3n) is 2.63. The Hall–Kier alpha value is -1.52. The summed E-state index contributed by atoms with van der Waals surface area (Å²) < 4.78 is 9.94. The van der Waals surface area contributed by atoms with Crippen LogP contribution in [0, 0.1) is 5.92 Å². The molecular weight excluding hydrogens is 327 g/mol. The molecule has 4 nitrogen and oxygen atoms in total. The van der Waals surface area contributed by atoms with Gasteiger partial charge in [0.25, 0.3) is 0 Å². The smallest absolute Gasteiger partial charge is 0.336 e. The fourth-order valence-electron chi connectivity index (χ4n) is 1.55. The van der Waals surface area contributed by atoms with Crippen LogP contribution in [0.25, 0.3) is 0 Å². The van der Waals surface area contributed by atoms with Gasteiger partial charge in [-0.05, 0) is 37.0 Å². The Kier molecular flexibility index (Phi) is 7.99. The molecule has 120 valence electrons. The van der Waals surface area contributed by atoms with Crippen LogP contribution in [0.5, 0.6) is 5.75 Å². The number of halogens is 2. The van der Waals surface area contributed by atoms with Crippen LogP contribution in [0.2, 0.25) is 10.0 Å². The van der Waals surface area contributed by atoms with E-state index in [4.69, 9.17) is 32.7 Å². The van der Waals surface area contributed by atoms with Crippen LogP contribution in [0.1, 0.15) is 26.7 Å². The summed E-state index contributed by atoms with van der Waals surface area (Å²) in [5, 5.41) is 0.649. The average molecular weight is 345 g/mol. The molecular formula is C16H18Cl2O4. The Labute approximate surface area is 140 Å². The molecule has 0 heterocycles. The predicted octanol–water partition coefficient (Wildman–Crippen LogP) is 4.43. The molecule has 0 fully saturated rings. The third-order valence-corrected chi connectivity index (χ3v) is 3.16. The zero-order chi connectivity index (χ0) is 16.5. The van der Waals surface area contributed by atoms with Gasteiger partial charge in [-0.2, -0.15) is 0 Å². The van der Waals surface area contributed by atoms with Gasteiger partial charge in [0.15, 0.2) is 0 Å². The topological polar surface area (TPSA) is 52.6 Å².